The SMILES string of the molecule is NCC1(C(=O)C2=CCCCC2)CC1. The Labute approximate surface area is 79.2 Å². The van der Waals surface area contributed by atoms with Gasteiger partial charge in [0.1, 0.15) is 0 Å². The molecule has 0 unspecified atom stereocenters. The maximum atomic E-state index is 12.0. The molecule has 0 heterocycles. The molecule has 72 valence electrons. The summed E-state index contributed by atoms with van der Waals surface area (Å²) >= 11 is 0. The summed E-state index contributed by atoms with van der Waals surface area (Å²) < 4.78 is 0. The van der Waals surface area contributed by atoms with E-state index in [1.807, 2.05) is 0 Å². The minimum absolute atomic E-state index is 0.122. The van der Waals surface area contributed by atoms with E-state index in [1.54, 1.807) is 0 Å². The predicted octanol–water partition coefficient (Wildman–Crippen LogP) is 1.79. The first kappa shape index (κ1) is 8.95. The maximum Gasteiger partial charge on any atom is 0.165 e. The van der Waals surface area contributed by atoms with Crippen LogP contribution in [-0.4, -0.2) is 12.3 Å². The first-order valence-electron chi connectivity index (χ1n) is 5.22. The summed E-state index contributed by atoms with van der Waals surface area (Å²) in [5.41, 5.74) is 6.57. The fraction of sp³-hybridized carbons (Fsp3) is 0.727. The van der Waals surface area contributed by atoms with E-state index in [0.29, 0.717) is 12.3 Å². The molecular formula is C11H17NO. The molecule has 0 aromatic heterocycles. The number of Topliss-reactive ketones (excluding diaryl/α,β-unsaturated/α-hetero) is 1. The molecule has 0 aromatic carbocycles. The van der Waals surface area contributed by atoms with Gasteiger partial charge in [-0.1, -0.05) is 6.08 Å². The second-order valence-electron chi connectivity index (χ2n) is 4.29. The van der Waals surface area contributed by atoms with E-state index >= 15 is 0 Å². The average molecular weight is 179 g/mol. The van der Waals surface area contributed by atoms with Crippen molar-refractivity contribution in [3.8, 4) is 0 Å². The fourth-order valence-electron chi connectivity index (χ4n) is 2.06. The van der Waals surface area contributed by atoms with Crippen molar-refractivity contribution in [3.05, 3.63) is 11.6 Å². The van der Waals surface area contributed by atoms with Gasteiger partial charge < -0.3 is 5.73 Å². The van der Waals surface area contributed by atoms with Crippen molar-refractivity contribution in [2.45, 2.75) is 38.5 Å². The number of carbonyl (C=O) groups excluding carboxylic acids is 1. The third kappa shape index (κ3) is 1.55. The summed E-state index contributed by atoms with van der Waals surface area (Å²) in [4.78, 5) is 12.0. The Bertz CT molecular complexity index is 251. The second-order valence-corrected chi connectivity index (χ2v) is 4.29. The molecule has 0 atom stereocenters. The molecule has 0 bridgehead atoms. The molecule has 0 saturated heterocycles. The molecule has 0 aliphatic heterocycles. The van der Waals surface area contributed by atoms with Gasteiger partial charge in [-0.25, -0.2) is 0 Å². The highest BCUT2D eigenvalue weighted by atomic mass is 16.1. The van der Waals surface area contributed by atoms with Gasteiger partial charge in [-0.2, -0.15) is 0 Å². The smallest absolute Gasteiger partial charge is 0.165 e. The van der Waals surface area contributed by atoms with E-state index in [1.165, 1.54) is 12.8 Å². The third-order valence-electron chi connectivity index (χ3n) is 3.31. The lowest BCUT2D eigenvalue weighted by atomic mass is 9.88. The monoisotopic (exact) mass is 179 g/mol. The van der Waals surface area contributed by atoms with Crippen molar-refractivity contribution in [1.82, 2.24) is 0 Å². The van der Waals surface area contributed by atoms with Gasteiger partial charge in [-0.05, 0) is 44.1 Å². The van der Waals surface area contributed by atoms with Crippen molar-refractivity contribution in [2.24, 2.45) is 11.1 Å². The van der Waals surface area contributed by atoms with Crippen LogP contribution in [0.3, 0.4) is 0 Å². The molecule has 0 spiro atoms. The number of hydrogen-bond acceptors (Lipinski definition) is 2. The molecule has 0 aromatic rings. The molecule has 0 amide bonds. The van der Waals surface area contributed by atoms with Crippen LogP contribution in [-0.2, 0) is 4.79 Å². The number of hydrogen-bond donors (Lipinski definition) is 1. The Morgan fingerprint density at radius 1 is 1.46 bits per heavy atom. The second kappa shape index (κ2) is 3.26. The van der Waals surface area contributed by atoms with Crippen LogP contribution in [0.5, 0.6) is 0 Å². The number of nitrogens with two attached hydrogens (primary N) is 1. The van der Waals surface area contributed by atoms with E-state index in [0.717, 1.165) is 31.3 Å². The van der Waals surface area contributed by atoms with Crippen molar-refractivity contribution in [3.63, 3.8) is 0 Å². The molecule has 2 N–H and O–H groups in total. The van der Waals surface area contributed by atoms with Gasteiger partial charge in [0, 0.05) is 12.0 Å². The van der Waals surface area contributed by atoms with Crippen molar-refractivity contribution < 1.29 is 4.79 Å². The van der Waals surface area contributed by atoms with Crippen LogP contribution in [0.2, 0.25) is 0 Å². The van der Waals surface area contributed by atoms with Crippen molar-refractivity contribution >= 4 is 5.78 Å². The lowest BCUT2D eigenvalue weighted by Crippen LogP contribution is -2.27. The van der Waals surface area contributed by atoms with Crippen LogP contribution in [0.25, 0.3) is 0 Å². The standard InChI is InChI=1S/C11H17NO/c12-8-11(6-7-11)10(13)9-4-2-1-3-5-9/h4H,1-3,5-8,12H2. The van der Waals surface area contributed by atoms with E-state index in [2.05, 4.69) is 6.08 Å². The summed E-state index contributed by atoms with van der Waals surface area (Å²) in [6, 6.07) is 0. The molecule has 2 aliphatic carbocycles. The average Bonchev–Trinajstić information content (AvgIpc) is 2.99. The fourth-order valence-corrected chi connectivity index (χ4v) is 2.06. The van der Waals surface area contributed by atoms with Crippen LogP contribution >= 0.6 is 0 Å². The Balaban J connectivity index is 2.08. The third-order valence-corrected chi connectivity index (χ3v) is 3.31. The van der Waals surface area contributed by atoms with Gasteiger partial charge in [0.2, 0.25) is 0 Å². The molecule has 2 heteroatoms. The molecule has 0 radical (unpaired) electrons. The quantitative estimate of drug-likeness (QED) is 0.717. The molecule has 13 heavy (non-hydrogen) atoms. The van der Waals surface area contributed by atoms with Crippen LogP contribution in [0, 0.1) is 5.41 Å². The first-order chi connectivity index (χ1) is 6.28. The Morgan fingerprint density at radius 2 is 2.23 bits per heavy atom. The predicted molar refractivity (Wildman–Crippen MR) is 52.3 cm³/mol. The molecular weight excluding hydrogens is 162 g/mol. The first-order valence-corrected chi connectivity index (χ1v) is 5.22. The minimum Gasteiger partial charge on any atom is -0.329 e. The number of allylic oxidation sites excluding steroid dienone is 2. The van der Waals surface area contributed by atoms with Gasteiger partial charge in [-0.15, -0.1) is 0 Å². The topological polar surface area (TPSA) is 43.1 Å². The Hall–Kier alpha value is -0.630. The number of rotatable bonds is 3. The van der Waals surface area contributed by atoms with E-state index in [4.69, 9.17) is 5.73 Å². The Morgan fingerprint density at radius 3 is 2.69 bits per heavy atom. The van der Waals surface area contributed by atoms with E-state index in [-0.39, 0.29) is 5.41 Å². The zero-order valence-electron chi connectivity index (χ0n) is 8.01. The van der Waals surface area contributed by atoms with Gasteiger partial charge in [0.05, 0.1) is 0 Å². The number of carbonyl (C=O) groups is 1. The molecule has 2 rings (SSSR count). The maximum absolute atomic E-state index is 12.0. The largest absolute Gasteiger partial charge is 0.329 e. The highest BCUT2D eigenvalue weighted by Gasteiger charge is 2.48. The van der Waals surface area contributed by atoms with Crippen LogP contribution in [0.1, 0.15) is 38.5 Å². The zero-order valence-corrected chi connectivity index (χ0v) is 8.01. The highest BCUT2D eigenvalue weighted by molar-refractivity contribution is 6.01. The summed E-state index contributed by atoms with van der Waals surface area (Å²) in [6.45, 7) is 0.545. The van der Waals surface area contributed by atoms with Crippen molar-refractivity contribution in [2.75, 3.05) is 6.54 Å². The summed E-state index contributed by atoms with van der Waals surface area (Å²) in [7, 11) is 0. The van der Waals surface area contributed by atoms with Crippen LogP contribution in [0.4, 0.5) is 0 Å². The Kier molecular flexibility index (Phi) is 2.24. The highest BCUT2D eigenvalue weighted by Crippen LogP contribution is 2.47. The van der Waals surface area contributed by atoms with E-state index < -0.39 is 0 Å². The lowest BCUT2D eigenvalue weighted by Gasteiger charge is -2.16. The van der Waals surface area contributed by atoms with Gasteiger partial charge in [0.15, 0.2) is 5.78 Å². The van der Waals surface area contributed by atoms with Crippen molar-refractivity contribution in [1.29, 1.82) is 0 Å². The number of ketones is 1. The minimum atomic E-state index is -0.122. The molecule has 2 nitrogen and oxygen atoms in total. The van der Waals surface area contributed by atoms with Crippen LogP contribution < -0.4 is 5.73 Å². The molecule has 1 saturated carbocycles. The lowest BCUT2D eigenvalue weighted by molar-refractivity contribution is -0.120. The van der Waals surface area contributed by atoms with Gasteiger partial charge >= 0.3 is 0 Å². The molecule has 2 aliphatic rings. The zero-order chi connectivity index (χ0) is 9.31. The van der Waals surface area contributed by atoms with Gasteiger partial charge in [0.25, 0.3) is 0 Å². The van der Waals surface area contributed by atoms with Gasteiger partial charge in [-0.3, -0.25) is 4.79 Å². The van der Waals surface area contributed by atoms with E-state index in [9.17, 15) is 4.79 Å². The normalized spacial score (nSPS) is 25.2. The summed E-state index contributed by atoms with van der Waals surface area (Å²) in [5, 5.41) is 0. The summed E-state index contributed by atoms with van der Waals surface area (Å²) in [6.07, 6.45) is 8.65. The van der Waals surface area contributed by atoms with Crippen LogP contribution in [0.15, 0.2) is 11.6 Å². The molecule has 1 fully saturated rings. The summed E-state index contributed by atoms with van der Waals surface area (Å²) in [5.74, 6) is 0.356.